The van der Waals surface area contributed by atoms with E-state index < -0.39 is 0 Å². The zero-order chi connectivity index (χ0) is 15.4. The van der Waals surface area contributed by atoms with Crippen molar-refractivity contribution in [1.29, 1.82) is 0 Å². The molecular weight excluding hydrogens is 258 g/mol. The van der Waals surface area contributed by atoms with Gasteiger partial charge in [0.2, 0.25) is 0 Å². The molecule has 0 saturated heterocycles. The SMILES string of the molecule is CCC(NC)c1ccccc1Oc1cc(C)cc(C)c1C. The summed E-state index contributed by atoms with van der Waals surface area (Å²) in [7, 11) is 1.99. The third-order valence-electron chi connectivity index (χ3n) is 4.04. The molecule has 0 amide bonds. The maximum absolute atomic E-state index is 6.25. The van der Waals surface area contributed by atoms with Crippen molar-refractivity contribution in [3.8, 4) is 11.5 Å². The van der Waals surface area contributed by atoms with Crippen molar-refractivity contribution in [3.05, 3.63) is 58.7 Å². The molecule has 0 radical (unpaired) electrons. The maximum Gasteiger partial charge on any atom is 0.132 e. The summed E-state index contributed by atoms with van der Waals surface area (Å²) in [6, 6.07) is 12.9. The largest absolute Gasteiger partial charge is 0.457 e. The minimum atomic E-state index is 0.312. The van der Waals surface area contributed by atoms with Gasteiger partial charge in [-0.3, -0.25) is 0 Å². The van der Waals surface area contributed by atoms with Gasteiger partial charge in [-0.2, -0.15) is 0 Å². The summed E-state index contributed by atoms with van der Waals surface area (Å²) in [4.78, 5) is 0. The van der Waals surface area contributed by atoms with Gasteiger partial charge in [-0.15, -0.1) is 0 Å². The number of rotatable bonds is 5. The number of ether oxygens (including phenoxy) is 1. The minimum Gasteiger partial charge on any atom is -0.457 e. The predicted molar refractivity (Wildman–Crippen MR) is 89.3 cm³/mol. The van der Waals surface area contributed by atoms with Crippen LogP contribution in [0.15, 0.2) is 36.4 Å². The van der Waals surface area contributed by atoms with Gasteiger partial charge in [-0.25, -0.2) is 0 Å². The molecule has 2 aromatic rings. The summed E-state index contributed by atoms with van der Waals surface area (Å²) in [6.07, 6.45) is 1.03. The van der Waals surface area contributed by atoms with Gasteiger partial charge in [0.1, 0.15) is 11.5 Å². The average molecular weight is 283 g/mol. The summed E-state index contributed by atoms with van der Waals surface area (Å²) in [5, 5.41) is 3.35. The van der Waals surface area contributed by atoms with Crippen LogP contribution >= 0.6 is 0 Å². The van der Waals surface area contributed by atoms with E-state index >= 15 is 0 Å². The highest BCUT2D eigenvalue weighted by Gasteiger charge is 2.14. The Morgan fingerprint density at radius 3 is 2.43 bits per heavy atom. The third kappa shape index (κ3) is 3.45. The normalized spacial score (nSPS) is 12.2. The molecule has 2 aromatic carbocycles. The number of aryl methyl sites for hydroxylation is 2. The molecule has 0 saturated carbocycles. The van der Waals surface area contributed by atoms with E-state index in [9.17, 15) is 0 Å². The second-order valence-electron chi connectivity index (χ2n) is 5.59. The summed E-state index contributed by atoms with van der Waals surface area (Å²) in [5.41, 5.74) is 4.91. The second kappa shape index (κ2) is 6.77. The Hall–Kier alpha value is -1.80. The molecule has 0 aliphatic rings. The number of hydrogen-bond acceptors (Lipinski definition) is 2. The molecule has 2 heteroatoms. The first kappa shape index (κ1) is 15.6. The average Bonchev–Trinajstić information content (AvgIpc) is 2.47. The molecule has 1 N–H and O–H groups in total. The molecule has 2 nitrogen and oxygen atoms in total. The van der Waals surface area contributed by atoms with Crippen LogP contribution in [0.1, 0.15) is 41.6 Å². The van der Waals surface area contributed by atoms with Crippen molar-refractivity contribution in [2.45, 2.75) is 40.2 Å². The summed E-state index contributed by atoms with van der Waals surface area (Å²) in [5.74, 6) is 1.89. The molecule has 0 heterocycles. The van der Waals surface area contributed by atoms with Gasteiger partial charge in [-0.1, -0.05) is 31.2 Å². The third-order valence-corrected chi connectivity index (χ3v) is 4.04. The van der Waals surface area contributed by atoms with Gasteiger partial charge >= 0.3 is 0 Å². The van der Waals surface area contributed by atoms with Gasteiger partial charge in [-0.05, 0) is 63.1 Å². The van der Waals surface area contributed by atoms with E-state index in [1.54, 1.807) is 0 Å². The lowest BCUT2D eigenvalue weighted by molar-refractivity contribution is 0.455. The van der Waals surface area contributed by atoms with Gasteiger partial charge in [0.15, 0.2) is 0 Å². The second-order valence-corrected chi connectivity index (χ2v) is 5.59. The standard InChI is InChI=1S/C19H25NO/c1-6-17(20-5)16-9-7-8-10-18(16)21-19-12-13(2)11-14(3)15(19)4/h7-12,17,20H,6H2,1-5H3. The van der Waals surface area contributed by atoms with Crippen LogP contribution in [0.25, 0.3) is 0 Å². The number of benzene rings is 2. The smallest absolute Gasteiger partial charge is 0.132 e. The molecule has 0 bridgehead atoms. The molecule has 2 rings (SSSR count). The fraction of sp³-hybridized carbons (Fsp3) is 0.368. The fourth-order valence-electron chi connectivity index (χ4n) is 2.67. The van der Waals surface area contributed by atoms with Crippen LogP contribution in [-0.4, -0.2) is 7.05 Å². The van der Waals surface area contributed by atoms with Gasteiger partial charge in [0.05, 0.1) is 0 Å². The van der Waals surface area contributed by atoms with Crippen molar-refractivity contribution in [1.82, 2.24) is 5.32 Å². The Labute approximate surface area is 128 Å². The Balaban J connectivity index is 2.41. The molecule has 0 aromatic heterocycles. The van der Waals surface area contributed by atoms with E-state index in [0.29, 0.717) is 6.04 Å². The lowest BCUT2D eigenvalue weighted by Gasteiger charge is -2.20. The Bertz CT molecular complexity index is 615. The number of nitrogens with one attached hydrogen (secondary N) is 1. The van der Waals surface area contributed by atoms with E-state index in [0.717, 1.165) is 17.9 Å². The summed E-state index contributed by atoms with van der Waals surface area (Å²) < 4.78 is 6.25. The molecule has 21 heavy (non-hydrogen) atoms. The van der Waals surface area contributed by atoms with E-state index in [1.807, 2.05) is 19.2 Å². The highest BCUT2D eigenvalue weighted by atomic mass is 16.5. The zero-order valence-electron chi connectivity index (χ0n) is 13.7. The minimum absolute atomic E-state index is 0.312. The fourth-order valence-corrected chi connectivity index (χ4v) is 2.67. The zero-order valence-corrected chi connectivity index (χ0v) is 13.7. The van der Waals surface area contributed by atoms with Gasteiger partial charge < -0.3 is 10.1 Å². The molecule has 0 spiro atoms. The monoisotopic (exact) mass is 283 g/mol. The summed E-state index contributed by atoms with van der Waals surface area (Å²) in [6.45, 7) is 8.53. The molecule has 0 aliphatic carbocycles. The first-order valence-electron chi connectivity index (χ1n) is 7.58. The predicted octanol–water partition coefficient (Wildman–Crippen LogP) is 5.07. The highest BCUT2D eigenvalue weighted by molar-refractivity contribution is 5.46. The van der Waals surface area contributed by atoms with Crippen molar-refractivity contribution >= 4 is 0 Å². The maximum atomic E-state index is 6.25. The number of hydrogen-bond donors (Lipinski definition) is 1. The van der Waals surface area contributed by atoms with Crippen molar-refractivity contribution in [3.63, 3.8) is 0 Å². The molecule has 0 aliphatic heterocycles. The van der Waals surface area contributed by atoms with Gasteiger partial charge in [0.25, 0.3) is 0 Å². The highest BCUT2D eigenvalue weighted by Crippen LogP contribution is 2.33. The summed E-state index contributed by atoms with van der Waals surface area (Å²) >= 11 is 0. The molecule has 1 unspecified atom stereocenters. The Kier molecular flexibility index (Phi) is 5.03. The van der Waals surface area contributed by atoms with Gasteiger partial charge in [0, 0.05) is 11.6 Å². The van der Waals surface area contributed by atoms with Crippen LogP contribution in [-0.2, 0) is 0 Å². The molecule has 112 valence electrons. The quantitative estimate of drug-likeness (QED) is 0.826. The van der Waals surface area contributed by atoms with Crippen LogP contribution in [0.2, 0.25) is 0 Å². The van der Waals surface area contributed by atoms with E-state index in [4.69, 9.17) is 4.74 Å². The van der Waals surface area contributed by atoms with E-state index in [1.165, 1.54) is 22.3 Å². The topological polar surface area (TPSA) is 21.3 Å². The molecule has 1 atom stereocenters. The van der Waals surface area contributed by atoms with Crippen molar-refractivity contribution in [2.75, 3.05) is 7.05 Å². The number of para-hydroxylation sites is 1. The lowest BCUT2D eigenvalue weighted by atomic mass is 10.0. The van der Waals surface area contributed by atoms with E-state index in [2.05, 4.69) is 57.3 Å². The van der Waals surface area contributed by atoms with Crippen LogP contribution in [0.4, 0.5) is 0 Å². The van der Waals surface area contributed by atoms with Crippen molar-refractivity contribution < 1.29 is 4.74 Å². The van der Waals surface area contributed by atoms with Crippen LogP contribution < -0.4 is 10.1 Å². The Morgan fingerprint density at radius 1 is 1.05 bits per heavy atom. The first-order chi connectivity index (χ1) is 10.1. The molecular formula is C19H25NO. The lowest BCUT2D eigenvalue weighted by Crippen LogP contribution is -2.15. The van der Waals surface area contributed by atoms with E-state index in [-0.39, 0.29) is 0 Å². The van der Waals surface area contributed by atoms with Crippen LogP contribution in [0, 0.1) is 20.8 Å². The first-order valence-corrected chi connectivity index (χ1v) is 7.58. The van der Waals surface area contributed by atoms with Crippen LogP contribution in [0.3, 0.4) is 0 Å². The van der Waals surface area contributed by atoms with Crippen molar-refractivity contribution in [2.24, 2.45) is 0 Å². The van der Waals surface area contributed by atoms with Crippen LogP contribution in [0.5, 0.6) is 11.5 Å². The Morgan fingerprint density at radius 2 is 1.76 bits per heavy atom. The molecule has 0 fully saturated rings.